The molecule has 0 saturated carbocycles. The van der Waals surface area contributed by atoms with Crippen molar-refractivity contribution >= 4 is 35.8 Å². The fraction of sp³-hybridized carbons (Fsp3) is 0.550. The molecule has 0 spiro atoms. The van der Waals surface area contributed by atoms with E-state index in [0.29, 0.717) is 5.69 Å². The summed E-state index contributed by atoms with van der Waals surface area (Å²) in [7, 11) is 0. The molecular formula is C20H40N8O12. The van der Waals surface area contributed by atoms with Gasteiger partial charge in [0.2, 0.25) is 5.91 Å². The van der Waals surface area contributed by atoms with Crippen LogP contribution in [0.15, 0.2) is 12.5 Å². The van der Waals surface area contributed by atoms with E-state index in [-0.39, 0.29) is 25.8 Å². The number of aromatic nitrogens is 2. The molecule has 1 heterocycles. The number of aromatic amines is 1. The van der Waals surface area contributed by atoms with Gasteiger partial charge in [0.25, 0.3) is 0 Å². The highest BCUT2D eigenvalue weighted by Crippen LogP contribution is 1.95. The van der Waals surface area contributed by atoms with Gasteiger partial charge in [-0.15, -0.1) is 0 Å². The van der Waals surface area contributed by atoms with Gasteiger partial charge in [-0.2, -0.15) is 0 Å². The zero-order valence-electron chi connectivity index (χ0n) is 21.9. The van der Waals surface area contributed by atoms with Crippen molar-refractivity contribution in [2.75, 3.05) is 6.54 Å². The standard InChI is InChI=1S/C6H9N3O2.C5H10N2O3.C4H9NO3.C3H7NO2.C2H5NO2/c7-5(6(10)11)1-4-2-8-3-9-4;6-3(5(9)10)1-2-4(7)8;1-2(6)3(5)4(7)8;1-2(4)3(5)6;3-1-2(4)5/h2-3,5H,1,7H2,(H,8,9)(H,10,11);3H,1-2,6H2,(H2,7,8)(H,9,10);2-3,6H,5H2,1H3,(H,7,8);2H,4H2,1H3,(H,5,6);1,3H2,(H,4,5)/t5-;3-;2-,3+;2-;/m0010./s1. The quantitative estimate of drug-likeness (QED) is 0.116. The van der Waals surface area contributed by atoms with Crippen molar-refractivity contribution < 1.29 is 59.4 Å². The molecular weight excluding hydrogens is 544 g/mol. The third-order valence-corrected chi connectivity index (χ3v) is 3.69. The fourth-order valence-electron chi connectivity index (χ4n) is 1.34. The molecule has 1 rings (SSSR count). The summed E-state index contributed by atoms with van der Waals surface area (Å²) >= 11 is 0. The van der Waals surface area contributed by atoms with Crippen LogP contribution in [0.4, 0.5) is 0 Å². The van der Waals surface area contributed by atoms with Gasteiger partial charge in [-0.05, 0) is 20.3 Å². The number of aliphatic carboxylic acids is 5. The number of imidazole rings is 1. The number of hydrogen-bond acceptors (Lipinski definition) is 13. The van der Waals surface area contributed by atoms with Crippen LogP contribution >= 0.6 is 0 Å². The summed E-state index contributed by atoms with van der Waals surface area (Å²) in [6.45, 7) is 2.47. The summed E-state index contributed by atoms with van der Waals surface area (Å²) in [5, 5.41) is 48.7. The normalized spacial score (nSPS) is 13.1. The van der Waals surface area contributed by atoms with E-state index in [1.807, 2.05) is 0 Å². The summed E-state index contributed by atoms with van der Waals surface area (Å²) in [6.07, 6.45) is 2.52. The summed E-state index contributed by atoms with van der Waals surface area (Å²) in [6, 6.07) is -3.73. The number of nitrogens with two attached hydrogens (primary N) is 6. The monoisotopic (exact) mass is 584 g/mol. The van der Waals surface area contributed by atoms with Crippen LogP contribution in [0.2, 0.25) is 0 Å². The lowest BCUT2D eigenvalue weighted by molar-refractivity contribution is -0.141. The van der Waals surface area contributed by atoms with Crippen molar-refractivity contribution in [3.8, 4) is 0 Å². The molecule has 40 heavy (non-hydrogen) atoms. The van der Waals surface area contributed by atoms with Crippen LogP contribution in [-0.2, 0) is 35.2 Å². The molecule has 1 aromatic rings. The molecule has 0 aliphatic heterocycles. The Balaban J connectivity index is -0.000000209. The first kappa shape index (κ1) is 42.9. The second-order valence-corrected chi connectivity index (χ2v) is 7.49. The number of rotatable bonds is 11. The predicted molar refractivity (Wildman–Crippen MR) is 137 cm³/mol. The van der Waals surface area contributed by atoms with Crippen molar-refractivity contribution in [1.82, 2.24) is 9.97 Å². The molecule has 20 nitrogen and oxygen atoms in total. The third-order valence-electron chi connectivity index (χ3n) is 3.69. The van der Waals surface area contributed by atoms with E-state index in [1.54, 1.807) is 6.20 Å². The van der Waals surface area contributed by atoms with Gasteiger partial charge in [-0.1, -0.05) is 0 Å². The Kier molecular flexibility index (Phi) is 26.9. The molecule has 1 aromatic heterocycles. The Bertz CT molecular complexity index is 881. The number of H-pyrrole nitrogens is 1. The second kappa shape index (κ2) is 25.1. The maximum absolute atomic E-state index is 10.3. The Morgan fingerprint density at radius 1 is 0.850 bits per heavy atom. The molecule has 0 unspecified atom stereocenters. The average Bonchev–Trinajstić information content (AvgIpc) is 3.36. The number of amides is 1. The molecule has 19 N–H and O–H groups in total. The number of hydrogen-bond donors (Lipinski definition) is 13. The fourth-order valence-corrected chi connectivity index (χ4v) is 1.34. The summed E-state index contributed by atoms with van der Waals surface area (Å²) in [5.41, 5.74) is 30.0. The Labute approximate surface area is 228 Å². The number of carbonyl (C=O) groups excluding carboxylic acids is 1. The predicted octanol–water partition coefficient (Wildman–Crippen LogP) is -4.75. The molecule has 0 bridgehead atoms. The Morgan fingerprint density at radius 2 is 1.27 bits per heavy atom. The van der Waals surface area contributed by atoms with Gasteiger partial charge in [0.15, 0.2) is 0 Å². The first-order valence-electron chi connectivity index (χ1n) is 11.0. The largest absolute Gasteiger partial charge is 0.480 e. The van der Waals surface area contributed by atoms with Crippen molar-refractivity contribution in [2.45, 2.75) is 63.4 Å². The topological polar surface area (TPSA) is 409 Å². The lowest BCUT2D eigenvalue weighted by Gasteiger charge is -2.06. The lowest BCUT2D eigenvalue weighted by atomic mass is 10.2. The molecule has 0 aliphatic carbocycles. The number of aliphatic hydroxyl groups excluding tert-OH is 1. The van der Waals surface area contributed by atoms with Crippen LogP contribution in [-0.4, -0.2) is 113 Å². The van der Waals surface area contributed by atoms with Gasteiger partial charge in [0.1, 0.15) is 24.2 Å². The number of primary amides is 1. The van der Waals surface area contributed by atoms with E-state index < -0.39 is 66.0 Å². The van der Waals surface area contributed by atoms with Crippen molar-refractivity contribution in [2.24, 2.45) is 34.4 Å². The van der Waals surface area contributed by atoms with Gasteiger partial charge in [0.05, 0.1) is 24.7 Å². The minimum absolute atomic E-state index is 0.0213. The molecule has 0 aromatic carbocycles. The number of carboxylic acid groups (broad SMARTS) is 5. The van der Waals surface area contributed by atoms with E-state index in [1.165, 1.54) is 20.2 Å². The highest BCUT2D eigenvalue weighted by molar-refractivity contribution is 5.77. The third kappa shape index (κ3) is 31.8. The van der Waals surface area contributed by atoms with Gasteiger partial charge in [-0.3, -0.25) is 28.8 Å². The number of carbonyl (C=O) groups is 6. The SMILES string of the molecule is C[C@@H](O)[C@H](N)C(=O)O.C[C@H](N)C(=O)O.NC(=O)CC[C@H](N)C(=O)O.NCC(=O)O.N[C@@H](Cc1c[nH]cn1)C(=O)O. The molecule has 232 valence electrons. The molecule has 0 fully saturated rings. The van der Waals surface area contributed by atoms with E-state index in [9.17, 15) is 28.8 Å². The molecule has 20 heteroatoms. The van der Waals surface area contributed by atoms with Crippen LogP contribution in [0.3, 0.4) is 0 Å². The molecule has 0 saturated heterocycles. The first-order chi connectivity index (χ1) is 18.2. The molecule has 0 radical (unpaired) electrons. The molecule has 5 atom stereocenters. The van der Waals surface area contributed by atoms with Gasteiger partial charge in [0, 0.05) is 19.0 Å². The van der Waals surface area contributed by atoms with E-state index in [4.69, 9.17) is 59.3 Å². The summed E-state index contributed by atoms with van der Waals surface area (Å²) < 4.78 is 0. The maximum atomic E-state index is 10.3. The first-order valence-corrected chi connectivity index (χ1v) is 11.0. The van der Waals surface area contributed by atoms with Crippen molar-refractivity contribution in [3.63, 3.8) is 0 Å². The number of nitrogens with one attached hydrogen (secondary N) is 1. The summed E-state index contributed by atoms with van der Waals surface area (Å²) in [4.78, 5) is 65.6. The van der Waals surface area contributed by atoms with Gasteiger partial charge < -0.3 is 70.0 Å². The number of aliphatic hydroxyl groups is 1. The second-order valence-electron chi connectivity index (χ2n) is 7.49. The van der Waals surface area contributed by atoms with E-state index >= 15 is 0 Å². The van der Waals surface area contributed by atoms with Crippen LogP contribution < -0.4 is 34.4 Å². The van der Waals surface area contributed by atoms with Crippen LogP contribution in [0.5, 0.6) is 0 Å². The smallest absolute Gasteiger partial charge is 0.323 e. The van der Waals surface area contributed by atoms with Gasteiger partial charge in [-0.25, -0.2) is 4.98 Å². The number of carboxylic acids is 5. The van der Waals surface area contributed by atoms with E-state index in [0.717, 1.165) is 0 Å². The van der Waals surface area contributed by atoms with Crippen LogP contribution in [0.1, 0.15) is 32.4 Å². The highest BCUT2D eigenvalue weighted by Gasteiger charge is 2.16. The Morgan fingerprint density at radius 3 is 1.48 bits per heavy atom. The average molecular weight is 585 g/mol. The molecule has 1 amide bonds. The Hall–Kier alpha value is -4.21. The van der Waals surface area contributed by atoms with Crippen molar-refractivity contribution in [3.05, 3.63) is 18.2 Å². The summed E-state index contributed by atoms with van der Waals surface area (Å²) in [5.74, 6) is -5.76. The zero-order valence-corrected chi connectivity index (χ0v) is 21.9. The minimum Gasteiger partial charge on any atom is -0.480 e. The maximum Gasteiger partial charge on any atom is 0.323 e. The number of nitrogens with zero attached hydrogens (tertiary/aromatic N) is 1. The highest BCUT2D eigenvalue weighted by atomic mass is 16.4. The lowest BCUT2D eigenvalue weighted by Crippen LogP contribution is -2.39. The zero-order chi connectivity index (χ0) is 32.6. The minimum atomic E-state index is -1.18. The molecule has 0 aliphatic rings. The van der Waals surface area contributed by atoms with Crippen LogP contribution in [0.25, 0.3) is 0 Å². The van der Waals surface area contributed by atoms with E-state index in [2.05, 4.69) is 15.7 Å². The van der Waals surface area contributed by atoms with Crippen molar-refractivity contribution in [1.29, 1.82) is 0 Å². The van der Waals surface area contributed by atoms with Gasteiger partial charge >= 0.3 is 29.8 Å². The van der Waals surface area contributed by atoms with Crippen LogP contribution in [0, 0.1) is 0 Å².